The summed E-state index contributed by atoms with van der Waals surface area (Å²) in [6.45, 7) is -0.147. The molecule has 4 rings (SSSR count). The Morgan fingerprint density at radius 1 is 1.21 bits per heavy atom. The van der Waals surface area contributed by atoms with Gasteiger partial charge in [0.25, 0.3) is 5.91 Å². The lowest BCUT2D eigenvalue weighted by atomic mass is 10.1. The third kappa shape index (κ3) is 3.59. The van der Waals surface area contributed by atoms with Crippen LogP contribution in [0.15, 0.2) is 23.2 Å². The van der Waals surface area contributed by atoms with Crippen LogP contribution in [-0.2, 0) is 20.9 Å². The Hall–Kier alpha value is -3.96. The molecule has 3 N–H and O–H groups in total. The highest BCUT2D eigenvalue weighted by molar-refractivity contribution is 6.20. The largest absolute Gasteiger partial charge is 0.454 e. The van der Waals surface area contributed by atoms with E-state index >= 15 is 0 Å². The van der Waals surface area contributed by atoms with Gasteiger partial charge in [-0.05, 0) is 17.7 Å². The first-order valence-electron chi connectivity index (χ1n) is 8.59. The molecule has 1 saturated heterocycles. The van der Waals surface area contributed by atoms with E-state index in [-0.39, 0.29) is 19.9 Å². The van der Waals surface area contributed by atoms with Gasteiger partial charge in [-0.3, -0.25) is 24.6 Å². The van der Waals surface area contributed by atoms with E-state index in [0.29, 0.717) is 17.1 Å². The molecule has 150 valence electrons. The smallest absolute Gasteiger partial charge is 0.350 e. The molecule has 12 heteroatoms. The van der Waals surface area contributed by atoms with Crippen molar-refractivity contribution < 1.29 is 33.4 Å². The molecule has 1 aromatic carbocycles. The van der Waals surface area contributed by atoms with E-state index in [1.807, 2.05) is 5.32 Å². The Kier molecular flexibility index (Phi) is 4.58. The van der Waals surface area contributed by atoms with Crippen molar-refractivity contribution in [1.82, 2.24) is 20.9 Å². The van der Waals surface area contributed by atoms with Crippen molar-refractivity contribution in [3.8, 4) is 11.5 Å². The maximum Gasteiger partial charge on any atom is 0.350 e. The minimum absolute atomic E-state index is 0.0854. The lowest BCUT2D eigenvalue weighted by Gasteiger charge is -2.28. The molecule has 3 aliphatic rings. The zero-order chi connectivity index (χ0) is 20.5. The van der Waals surface area contributed by atoms with Crippen molar-refractivity contribution in [3.63, 3.8) is 0 Å². The van der Waals surface area contributed by atoms with E-state index in [9.17, 15) is 24.0 Å². The van der Waals surface area contributed by atoms with Crippen LogP contribution in [-0.4, -0.2) is 60.3 Å². The second-order valence-electron chi connectivity index (χ2n) is 6.41. The summed E-state index contributed by atoms with van der Waals surface area (Å²) in [7, 11) is 0. The maximum atomic E-state index is 12.7. The van der Waals surface area contributed by atoms with Gasteiger partial charge in [0.05, 0.1) is 6.54 Å². The molecule has 0 radical (unpaired) electrons. The van der Waals surface area contributed by atoms with E-state index in [1.54, 1.807) is 18.2 Å². The Balaban J connectivity index is 1.45. The van der Waals surface area contributed by atoms with Crippen LogP contribution in [0.1, 0.15) is 5.56 Å². The number of benzene rings is 1. The van der Waals surface area contributed by atoms with Crippen LogP contribution in [0.3, 0.4) is 0 Å². The number of aliphatic imine (C=N–C) groups is 1. The Morgan fingerprint density at radius 3 is 2.79 bits per heavy atom. The number of ether oxygens (including phenoxy) is 2. The lowest BCUT2D eigenvalue weighted by molar-refractivity contribution is -0.139. The third-order valence-electron chi connectivity index (χ3n) is 4.49. The van der Waals surface area contributed by atoms with Crippen LogP contribution in [0.25, 0.3) is 0 Å². The number of hydrogen-bond donors (Lipinski definition) is 3. The average Bonchev–Trinajstić information content (AvgIpc) is 3.15. The molecule has 12 nitrogen and oxygen atoms in total. The molecule has 1 aromatic rings. The van der Waals surface area contributed by atoms with E-state index < -0.39 is 41.7 Å². The summed E-state index contributed by atoms with van der Waals surface area (Å²) in [5.41, 5.74) is 0.585. The van der Waals surface area contributed by atoms with Crippen LogP contribution in [0.2, 0.25) is 0 Å². The normalized spacial score (nSPS) is 23.0. The minimum atomic E-state index is -1.38. The molecular formula is C17H15N5O7. The molecule has 29 heavy (non-hydrogen) atoms. The zero-order valence-electron chi connectivity index (χ0n) is 14.8. The molecule has 3 aliphatic heterocycles. The van der Waals surface area contributed by atoms with E-state index in [4.69, 9.17) is 9.47 Å². The maximum absolute atomic E-state index is 12.7. The number of nitrogens with one attached hydrogen (secondary N) is 3. The van der Waals surface area contributed by atoms with Gasteiger partial charge in [0.2, 0.25) is 18.6 Å². The number of carbonyl (C=O) groups is 5. The van der Waals surface area contributed by atoms with Gasteiger partial charge < -0.3 is 20.1 Å². The first kappa shape index (κ1) is 18.4. The summed E-state index contributed by atoms with van der Waals surface area (Å²) in [5.74, 6) is -2.62. The van der Waals surface area contributed by atoms with Gasteiger partial charge in [0.15, 0.2) is 17.4 Å². The van der Waals surface area contributed by atoms with Crippen molar-refractivity contribution in [2.24, 2.45) is 10.9 Å². The van der Waals surface area contributed by atoms with Gasteiger partial charge in [-0.2, -0.15) is 0 Å². The van der Waals surface area contributed by atoms with Crippen LogP contribution < -0.4 is 25.4 Å². The van der Waals surface area contributed by atoms with Gasteiger partial charge in [0.1, 0.15) is 6.04 Å². The molecule has 0 saturated carbocycles. The number of hydrogen-bond acceptors (Lipinski definition) is 7. The zero-order valence-corrected chi connectivity index (χ0v) is 14.8. The Labute approximate surface area is 163 Å². The van der Waals surface area contributed by atoms with Crippen LogP contribution in [0.5, 0.6) is 11.5 Å². The highest BCUT2D eigenvalue weighted by Gasteiger charge is 2.38. The van der Waals surface area contributed by atoms with Crippen LogP contribution in [0.4, 0.5) is 9.59 Å². The van der Waals surface area contributed by atoms with Crippen molar-refractivity contribution in [1.29, 1.82) is 0 Å². The standard InChI is InChI=1S/C17H15N5O7/c23-13(20-10-5-18-16(26)21-14(10)24)9-4-19-17(27)22(15(9)25)6-8-1-2-11-12(3-8)29-7-28-11/h1-4,9-10H,5-7H2,(H,20,23)(H2,18,21,24,26). The van der Waals surface area contributed by atoms with Crippen molar-refractivity contribution in [2.75, 3.05) is 13.3 Å². The summed E-state index contributed by atoms with van der Waals surface area (Å²) >= 11 is 0. The molecule has 1 fully saturated rings. The van der Waals surface area contributed by atoms with Crippen molar-refractivity contribution in [3.05, 3.63) is 23.8 Å². The summed E-state index contributed by atoms with van der Waals surface area (Å²) in [4.78, 5) is 64.6. The Morgan fingerprint density at radius 2 is 2.00 bits per heavy atom. The molecular weight excluding hydrogens is 386 g/mol. The van der Waals surface area contributed by atoms with Gasteiger partial charge in [-0.25, -0.2) is 14.6 Å². The molecule has 7 amide bonds. The summed E-state index contributed by atoms with van der Waals surface area (Å²) in [5, 5.41) is 6.74. The fourth-order valence-corrected chi connectivity index (χ4v) is 2.99. The molecule has 2 atom stereocenters. The number of rotatable bonds is 4. The number of nitrogens with zero attached hydrogens (tertiary/aromatic N) is 2. The number of fused-ring (bicyclic) bond motifs is 1. The monoisotopic (exact) mass is 401 g/mol. The number of carbonyl (C=O) groups excluding carboxylic acids is 5. The van der Waals surface area contributed by atoms with E-state index in [0.717, 1.165) is 11.1 Å². The highest BCUT2D eigenvalue weighted by Crippen LogP contribution is 2.33. The number of urea groups is 2. The number of amides is 7. The van der Waals surface area contributed by atoms with Gasteiger partial charge in [-0.1, -0.05) is 6.07 Å². The second kappa shape index (κ2) is 7.22. The predicted octanol–water partition coefficient (Wildman–Crippen LogP) is -1.11. The lowest BCUT2D eigenvalue weighted by Crippen LogP contribution is -2.62. The van der Waals surface area contributed by atoms with Crippen molar-refractivity contribution in [2.45, 2.75) is 12.6 Å². The molecule has 0 spiro atoms. The topological polar surface area (TPSA) is 156 Å². The van der Waals surface area contributed by atoms with Crippen LogP contribution in [0, 0.1) is 5.92 Å². The molecule has 0 aromatic heterocycles. The summed E-state index contributed by atoms with van der Waals surface area (Å²) in [6, 6.07) is 2.43. The predicted molar refractivity (Wildman–Crippen MR) is 94.0 cm³/mol. The summed E-state index contributed by atoms with van der Waals surface area (Å²) < 4.78 is 10.5. The van der Waals surface area contributed by atoms with Crippen molar-refractivity contribution >= 4 is 36.0 Å². The fourth-order valence-electron chi connectivity index (χ4n) is 2.99. The molecule has 0 bridgehead atoms. The average molecular weight is 401 g/mol. The molecule has 3 heterocycles. The minimum Gasteiger partial charge on any atom is -0.454 e. The third-order valence-corrected chi connectivity index (χ3v) is 4.49. The molecule has 2 unspecified atom stereocenters. The van der Waals surface area contributed by atoms with Crippen LogP contribution >= 0.6 is 0 Å². The number of imide groups is 2. The fraction of sp³-hybridized carbons (Fsp3) is 0.294. The van der Waals surface area contributed by atoms with E-state index in [1.165, 1.54) is 0 Å². The van der Waals surface area contributed by atoms with E-state index in [2.05, 4.69) is 15.6 Å². The van der Waals surface area contributed by atoms with Gasteiger partial charge in [-0.15, -0.1) is 0 Å². The second-order valence-corrected chi connectivity index (χ2v) is 6.41. The molecule has 0 aliphatic carbocycles. The van der Waals surface area contributed by atoms with Gasteiger partial charge in [0, 0.05) is 12.8 Å². The SMILES string of the molecule is O=C1NCC(NC(=O)C2C=NC(=O)N(Cc3ccc4c(c3)OCO4)C2=O)C(=O)N1. The Bertz CT molecular complexity index is 959. The first-order valence-corrected chi connectivity index (χ1v) is 8.59. The summed E-state index contributed by atoms with van der Waals surface area (Å²) in [6.07, 6.45) is 0.940. The van der Waals surface area contributed by atoms with Gasteiger partial charge >= 0.3 is 12.1 Å². The first-order chi connectivity index (χ1) is 13.9. The quantitative estimate of drug-likeness (QED) is 0.540. The highest BCUT2D eigenvalue weighted by atomic mass is 16.7.